The fourth-order valence-electron chi connectivity index (χ4n) is 1.81. The fourth-order valence-corrected chi connectivity index (χ4v) is 1.81. The van der Waals surface area contributed by atoms with E-state index in [-0.39, 0.29) is 5.88 Å². The van der Waals surface area contributed by atoms with Crippen LogP contribution in [0.1, 0.15) is 23.5 Å². The molecule has 2 aromatic rings. The van der Waals surface area contributed by atoms with E-state index in [9.17, 15) is 9.90 Å². The van der Waals surface area contributed by atoms with Crippen molar-refractivity contribution in [2.24, 2.45) is 0 Å². The molecule has 0 unspecified atom stereocenters. The summed E-state index contributed by atoms with van der Waals surface area (Å²) in [7, 11) is 0. The van der Waals surface area contributed by atoms with E-state index in [1.807, 2.05) is 26.0 Å². The highest BCUT2D eigenvalue weighted by Crippen LogP contribution is 2.19. The van der Waals surface area contributed by atoms with Crippen molar-refractivity contribution in [1.82, 2.24) is 15.0 Å². The Balaban J connectivity index is 2.23. The maximum absolute atomic E-state index is 10.4. The largest absolute Gasteiger partial charge is 0.493 e. The zero-order chi connectivity index (χ0) is 14.5. The first-order chi connectivity index (χ1) is 9.58. The van der Waals surface area contributed by atoms with Crippen LogP contribution >= 0.6 is 0 Å². The van der Waals surface area contributed by atoms with Gasteiger partial charge in [-0.2, -0.15) is 4.98 Å². The second-order valence-electron chi connectivity index (χ2n) is 4.46. The smallest absolute Gasteiger partial charge is 0.230 e. The molecule has 20 heavy (non-hydrogen) atoms. The van der Waals surface area contributed by atoms with Gasteiger partial charge in [-0.1, -0.05) is 0 Å². The molecule has 6 heteroatoms. The molecule has 0 radical (unpaired) electrons. The molecule has 0 aliphatic rings. The van der Waals surface area contributed by atoms with Crippen LogP contribution in [0.5, 0.6) is 5.88 Å². The molecule has 0 saturated carbocycles. The number of carbonyl (C=O) groups is 1. The monoisotopic (exact) mass is 272 g/mol. The van der Waals surface area contributed by atoms with Crippen molar-refractivity contribution in [1.29, 1.82) is 0 Å². The van der Waals surface area contributed by atoms with Crippen LogP contribution in [0.25, 0.3) is 0 Å². The summed E-state index contributed by atoms with van der Waals surface area (Å²) >= 11 is 0. The molecule has 0 aromatic carbocycles. The highest BCUT2D eigenvalue weighted by Gasteiger charge is 2.06. The number of carbonyl (C=O) groups excluding carboxylic acids is 1. The van der Waals surface area contributed by atoms with Gasteiger partial charge in [0.15, 0.2) is 0 Å². The van der Waals surface area contributed by atoms with Gasteiger partial charge in [0.25, 0.3) is 0 Å². The van der Waals surface area contributed by atoms with Crippen molar-refractivity contribution in [3.63, 3.8) is 0 Å². The van der Waals surface area contributed by atoms with Gasteiger partial charge in [0.2, 0.25) is 11.8 Å². The van der Waals surface area contributed by atoms with Gasteiger partial charge in [0, 0.05) is 18.2 Å². The average molecular weight is 272 g/mol. The van der Waals surface area contributed by atoms with Gasteiger partial charge in [-0.25, -0.2) is 4.98 Å². The summed E-state index contributed by atoms with van der Waals surface area (Å²) < 4.78 is 0. The number of aromatic nitrogens is 3. The van der Waals surface area contributed by atoms with Gasteiger partial charge in [-0.3, -0.25) is 4.98 Å². The minimum atomic E-state index is -0.124. The Morgan fingerprint density at radius 2 is 2.05 bits per heavy atom. The van der Waals surface area contributed by atoms with Gasteiger partial charge in [-0.15, -0.1) is 0 Å². The van der Waals surface area contributed by atoms with Crippen LogP contribution in [-0.4, -0.2) is 26.3 Å². The molecular weight excluding hydrogens is 256 g/mol. The molecule has 0 atom stereocenters. The molecule has 0 aliphatic heterocycles. The normalized spacial score (nSPS) is 10.3. The van der Waals surface area contributed by atoms with E-state index < -0.39 is 0 Å². The zero-order valence-electron chi connectivity index (χ0n) is 11.4. The first kappa shape index (κ1) is 13.9. The highest BCUT2D eigenvalue weighted by atomic mass is 16.3. The number of aryl methyl sites for hydroxylation is 3. The van der Waals surface area contributed by atoms with Gasteiger partial charge in [0.05, 0.1) is 17.1 Å². The third-order valence-corrected chi connectivity index (χ3v) is 2.76. The minimum Gasteiger partial charge on any atom is -0.493 e. The number of hydrogen-bond acceptors (Lipinski definition) is 6. The van der Waals surface area contributed by atoms with Crippen molar-refractivity contribution in [2.75, 3.05) is 5.32 Å². The lowest BCUT2D eigenvalue weighted by atomic mass is 10.2. The van der Waals surface area contributed by atoms with E-state index in [2.05, 4.69) is 20.3 Å². The number of rotatable bonds is 5. The molecular formula is C14H16N4O2. The maximum atomic E-state index is 10.4. The molecule has 0 amide bonds. The molecule has 0 fully saturated rings. The topological polar surface area (TPSA) is 88.0 Å². The summed E-state index contributed by atoms with van der Waals surface area (Å²) in [5.41, 5.74) is 3.15. The molecule has 0 aliphatic carbocycles. The number of hydrogen-bond donors (Lipinski definition) is 2. The Bertz CT molecular complexity index is 629. The lowest BCUT2D eigenvalue weighted by molar-refractivity contribution is -0.107. The standard InChI is InChI=1S/C14H16N4O2/c1-9-5-6-12(10(2)15-9)17-14-16-11(4-3-7-19)8-13(20)18-14/h5-8H,3-4H2,1-2H3,(H2,16,17,18,20). The Hall–Kier alpha value is -2.50. The second kappa shape index (κ2) is 6.10. The molecule has 104 valence electrons. The molecule has 2 rings (SSSR count). The molecule has 2 N–H and O–H groups in total. The van der Waals surface area contributed by atoms with E-state index in [0.29, 0.717) is 24.5 Å². The van der Waals surface area contributed by atoms with Crippen molar-refractivity contribution < 1.29 is 9.90 Å². The van der Waals surface area contributed by atoms with Crippen molar-refractivity contribution >= 4 is 17.9 Å². The molecule has 0 spiro atoms. The molecule has 2 heterocycles. The summed E-state index contributed by atoms with van der Waals surface area (Å²) in [4.78, 5) is 22.9. The summed E-state index contributed by atoms with van der Waals surface area (Å²) in [5.74, 6) is 0.167. The van der Waals surface area contributed by atoms with E-state index >= 15 is 0 Å². The zero-order valence-corrected chi connectivity index (χ0v) is 11.4. The van der Waals surface area contributed by atoms with Crippen LogP contribution in [-0.2, 0) is 11.2 Å². The number of nitrogens with zero attached hydrogens (tertiary/aromatic N) is 3. The van der Waals surface area contributed by atoms with Gasteiger partial charge in [-0.05, 0) is 32.4 Å². The first-order valence-electron chi connectivity index (χ1n) is 6.30. The van der Waals surface area contributed by atoms with Crippen molar-refractivity contribution in [3.05, 3.63) is 35.3 Å². The van der Waals surface area contributed by atoms with Gasteiger partial charge >= 0.3 is 0 Å². The quantitative estimate of drug-likeness (QED) is 0.810. The first-order valence-corrected chi connectivity index (χ1v) is 6.30. The Kier molecular flexibility index (Phi) is 4.24. The van der Waals surface area contributed by atoms with Crippen LogP contribution in [0.2, 0.25) is 0 Å². The predicted octanol–water partition coefficient (Wildman–Crippen LogP) is 2.07. The number of nitrogens with one attached hydrogen (secondary N) is 1. The van der Waals surface area contributed by atoms with Gasteiger partial charge < -0.3 is 15.2 Å². The minimum absolute atomic E-state index is 0.124. The van der Waals surface area contributed by atoms with Crippen LogP contribution < -0.4 is 5.32 Å². The summed E-state index contributed by atoms with van der Waals surface area (Å²) in [6, 6.07) is 5.22. The van der Waals surface area contributed by atoms with Crippen molar-refractivity contribution in [3.8, 4) is 5.88 Å². The van der Waals surface area contributed by atoms with Crippen LogP contribution in [0.3, 0.4) is 0 Å². The summed E-state index contributed by atoms with van der Waals surface area (Å²) in [5, 5.41) is 12.6. The second-order valence-corrected chi connectivity index (χ2v) is 4.46. The number of aromatic hydroxyl groups is 1. The van der Waals surface area contributed by atoms with E-state index in [1.54, 1.807) is 0 Å². The molecule has 0 bridgehead atoms. The van der Waals surface area contributed by atoms with Crippen LogP contribution in [0.15, 0.2) is 18.2 Å². The van der Waals surface area contributed by atoms with E-state index in [1.165, 1.54) is 6.07 Å². The third kappa shape index (κ3) is 3.50. The lowest BCUT2D eigenvalue weighted by Crippen LogP contribution is -2.03. The average Bonchev–Trinajstić information content (AvgIpc) is 2.39. The highest BCUT2D eigenvalue weighted by molar-refractivity contribution is 5.56. The maximum Gasteiger partial charge on any atom is 0.230 e. The number of anilines is 2. The molecule has 6 nitrogen and oxygen atoms in total. The fraction of sp³-hybridized carbons (Fsp3) is 0.286. The Morgan fingerprint density at radius 1 is 1.25 bits per heavy atom. The Morgan fingerprint density at radius 3 is 2.75 bits per heavy atom. The summed E-state index contributed by atoms with van der Waals surface area (Å²) in [6.45, 7) is 3.80. The summed E-state index contributed by atoms with van der Waals surface area (Å²) in [6.07, 6.45) is 1.65. The number of aldehydes is 1. The SMILES string of the molecule is Cc1ccc(Nc2nc(O)cc(CCC=O)n2)c(C)n1. The van der Waals surface area contributed by atoms with Crippen LogP contribution in [0, 0.1) is 13.8 Å². The van der Waals surface area contributed by atoms with E-state index in [0.717, 1.165) is 23.4 Å². The number of pyridine rings is 1. The lowest BCUT2D eigenvalue weighted by Gasteiger charge is -2.09. The van der Waals surface area contributed by atoms with Gasteiger partial charge in [0.1, 0.15) is 6.29 Å². The Labute approximate surface area is 116 Å². The van der Waals surface area contributed by atoms with Crippen molar-refractivity contribution in [2.45, 2.75) is 26.7 Å². The predicted molar refractivity (Wildman–Crippen MR) is 75.1 cm³/mol. The third-order valence-electron chi connectivity index (χ3n) is 2.76. The van der Waals surface area contributed by atoms with Crippen LogP contribution in [0.4, 0.5) is 11.6 Å². The van der Waals surface area contributed by atoms with E-state index in [4.69, 9.17) is 0 Å². The molecule has 2 aromatic heterocycles. The molecule has 0 saturated heterocycles.